The molecule has 0 radical (unpaired) electrons. The molecule has 0 fully saturated rings. The second-order valence-electron chi connectivity index (χ2n) is 6.60. The third kappa shape index (κ3) is 4.18. The van der Waals surface area contributed by atoms with Gasteiger partial charge in [-0.3, -0.25) is 4.98 Å². The van der Waals surface area contributed by atoms with E-state index in [1.165, 1.54) is 5.56 Å². The number of rotatable bonds is 4. The molecule has 0 atom stereocenters. The number of nitriles is 1. The number of hydrogen-bond acceptors (Lipinski definition) is 4. The van der Waals surface area contributed by atoms with Crippen LogP contribution in [0.2, 0.25) is 0 Å². The van der Waals surface area contributed by atoms with Crippen LogP contribution in [0.15, 0.2) is 83.5 Å². The van der Waals surface area contributed by atoms with E-state index in [2.05, 4.69) is 32.3 Å². The van der Waals surface area contributed by atoms with Gasteiger partial charge in [-0.2, -0.15) is 5.26 Å². The van der Waals surface area contributed by atoms with Crippen LogP contribution >= 0.6 is 15.9 Å². The van der Waals surface area contributed by atoms with Crippen molar-refractivity contribution in [1.29, 1.82) is 5.26 Å². The molecule has 0 aliphatic heterocycles. The van der Waals surface area contributed by atoms with Crippen molar-refractivity contribution >= 4 is 27.4 Å². The summed E-state index contributed by atoms with van der Waals surface area (Å²) in [7, 11) is 0. The first-order valence-corrected chi connectivity index (χ1v) is 9.89. The van der Waals surface area contributed by atoms with Crippen LogP contribution in [-0.2, 0) is 0 Å². The molecule has 1 N–H and O–H groups in total. The molecule has 0 aliphatic rings. The normalized spacial score (nSPS) is 10.4. The average molecular weight is 441 g/mol. The van der Waals surface area contributed by atoms with Gasteiger partial charge in [0.15, 0.2) is 0 Å². The van der Waals surface area contributed by atoms with E-state index in [1.54, 1.807) is 6.20 Å². The molecule has 0 aliphatic carbocycles. The average Bonchev–Trinajstić information content (AvgIpc) is 2.76. The Balaban J connectivity index is 1.90. The van der Waals surface area contributed by atoms with Gasteiger partial charge in [0, 0.05) is 21.9 Å². The number of anilines is 2. The molecule has 0 saturated carbocycles. The Hall–Kier alpha value is -3.49. The molecule has 4 nitrogen and oxygen atoms in total. The molecule has 2 heterocycles. The molecule has 0 bridgehead atoms. The highest BCUT2D eigenvalue weighted by Crippen LogP contribution is 2.33. The first-order chi connectivity index (χ1) is 14.1. The van der Waals surface area contributed by atoms with E-state index in [9.17, 15) is 5.26 Å². The van der Waals surface area contributed by atoms with Crippen LogP contribution in [0.1, 0.15) is 11.1 Å². The van der Waals surface area contributed by atoms with Gasteiger partial charge in [0.1, 0.15) is 17.5 Å². The summed E-state index contributed by atoms with van der Waals surface area (Å²) in [5.74, 6) is 0.512. The smallest absolute Gasteiger partial charge is 0.149 e. The van der Waals surface area contributed by atoms with E-state index < -0.39 is 0 Å². The van der Waals surface area contributed by atoms with Crippen LogP contribution < -0.4 is 5.32 Å². The van der Waals surface area contributed by atoms with Crippen molar-refractivity contribution in [3.63, 3.8) is 0 Å². The lowest BCUT2D eigenvalue weighted by atomic mass is 9.99. The molecule has 2 aromatic carbocycles. The number of benzene rings is 2. The molecule has 0 amide bonds. The summed E-state index contributed by atoms with van der Waals surface area (Å²) in [5.41, 5.74) is 5.75. The lowest BCUT2D eigenvalue weighted by Crippen LogP contribution is -2.01. The van der Waals surface area contributed by atoms with Crippen LogP contribution in [0.3, 0.4) is 0 Å². The second kappa shape index (κ2) is 8.26. The maximum Gasteiger partial charge on any atom is 0.149 e. The van der Waals surface area contributed by atoms with Crippen molar-refractivity contribution in [2.45, 2.75) is 6.92 Å². The lowest BCUT2D eigenvalue weighted by molar-refractivity contribution is 1.23. The van der Waals surface area contributed by atoms with Gasteiger partial charge in [0.25, 0.3) is 0 Å². The van der Waals surface area contributed by atoms with E-state index >= 15 is 0 Å². The minimum atomic E-state index is 0.493. The van der Waals surface area contributed by atoms with Gasteiger partial charge in [0.05, 0.1) is 11.4 Å². The van der Waals surface area contributed by atoms with Crippen molar-refractivity contribution in [1.82, 2.24) is 9.97 Å². The highest BCUT2D eigenvalue weighted by Gasteiger charge is 2.16. The van der Waals surface area contributed by atoms with Gasteiger partial charge in [-0.25, -0.2) is 4.98 Å². The lowest BCUT2D eigenvalue weighted by Gasteiger charge is -2.14. The summed E-state index contributed by atoms with van der Waals surface area (Å²) in [4.78, 5) is 9.16. The third-order valence-corrected chi connectivity index (χ3v) is 5.06. The molecule has 29 heavy (non-hydrogen) atoms. The number of hydrogen-bond donors (Lipinski definition) is 1. The van der Waals surface area contributed by atoms with E-state index in [0.717, 1.165) is 27.0 Å². The Morgan fingerprint density at radius 2 is 1.69 bits per heavy atom. The zero-order valence-electron chi connectivity index (χ0n) is 15.7. The third-order valence-electron chi connectivity index (χ3n) is 4.53. The number of aromatic nitrogens is 2. The Kier molecular flexibility index (Phi) is 5.37. The van der Waals surface area contributed by atoms with Gasteiger partial charge >= 0.3 is 0 Å². The predicted octanol–water partition coefficient (Wildman–Crippen LogP) is 6.50. The summed E-state index contributed by atoms with van der Waals surface area (Å²) < 4.78 is 0.983. The zero-order chi connectivity index (χ0) is 20.2. The summed E-state index contributed by atoms with van der Waals surface area (Å²) in [6.45, 7) is 2.04. The van der Waals surface area contributed by atoms with E-state index in [0.29, 0.717) is 17.1 Å². The van der Waals surface area contributed by atoms with Crippen molar-refractivity contribution in [3.05, 3.63) is 94.6 Å². The first kappa shape index (κ1) is 18.9. The van der Waals surface area contributed by atoms with Gasteiger partial charge in [-0.05, 0) is 55.0 Å². The Bertz CT molecular complexity index is 1180. The van der Waals surface area contributed by atoms with E-state index in [1.807, 2.05) is 79.7 Å². The molecule has 140 valence electrons. The van der Waals surface area contributed by atoms with Crippen LogP contribution in [-0.4, -0.2) is 9.97 Å². The molecule has 5 heteroatoms. The van der Waals surface area contributed by atoms with Crippen LogP contribution in [0.25, 0.3) is 22.5 Å². The summed E-state index contributed by atoms with van der Waals surface area (Å²) in [6, 6.07) is 25.8. The topological polar surface area (TPSA) is 61.6 Å². The number of halogens is 1. The largest absolute Gasteiger partial charge is 0.339 e. The molecule has 0 saturated heterocycles. The first-order valence-electron chi connectivity index (χ1n) is 9.10. The molecular weight excluding hydrogens is 424 g/mol. The standard InChI is InChI=1S/C24H17BrN4/c1-16-5-11-19(12-6-16)28-24-21(15-26)20(17-7-9-18(25)10-8-17)14-23(29-24)22-4-2-3-13-27-22/h2-14H,1H3,(H,28,29). The molecule has 0 spiro atoms. The SMILES string of the molecule is Cc1ccc(Nc2nc(-c3ccccn3)cc(-c3ccc(Br)cc3)c2C#N)cc1. The fourth-order valence-electron chi connectivity index (χ4n) is 3.02. The Morgan fingerprint density at radius 3 is 2.34 bits per heavy atom. The molecule has 4 aromatic rings. The zero-order valence-corrected chi connectivity index (χ0v) is 17.3. The molecular formula is C24H17BrN4. The van der Waals surface area contributed by atoms with Gasteiger partial charge < -0.3 is 5.32 Å². The Labute approximate surface area is 178 Å². The van der Waals surface area contributed by atoms with Gasteiger partial charge in [-0.15, -0.1) is 0 Å². The highest BCUT2D eigenvalue weighted by molar-refractivity contribution is 9.10. The number of aryl methyl sites for hydroxylation is 1. The molecule has 4 rings (SSSR count). The Morgan fingerprint density at radius 1 is 0.931 bits per heavy atom. The van der Waals surface area contributed by atoms with E-state index in [4.69, 9.17) is 4.98 Å². The van der Waals surface area contributed by atoms with Crippen LogP contribution in [0.5, 0.6) is 0 Å². The van der Waals surface area contributed by atoms with Crippen LogP contribution in [0.4, 0.5) is 11.5 Å². The number of nitrogens with one attached hydrogen (secondary N) is 1. The van der Waals surface area contributed by atoms with Crippen molar-refractivity contribution in [3.8, 4) is 28.6 Å². The quantitative estimate of drug-likeness (QED) is 0.393. The van der Waals surface area contributed by atoms with Crippen LogP contribution in [0, 0.1) is 18.3 Å². The van der Waals surface area contributed by atoms with Gasteiger partial charge in [-0.1, -0.05) is 51.8 Å². The maximum atomic E-state index is 9.94. The fraction of sp³-hybridized carbons (Fsp3) is 0.0417. The maximum absolute atomic E-state index is 9.94. The van der Waals surface area contributed by atoms with Crippen molar-refractivity contribution in [2.24, 2.45) is 0 Å². The number of pyridine rings is 2. The highest BCUT2D eigenvalue weighted by atomic mass is 79.9. The monoisotopic (exact) mass is 440 g/mol. The second-order valence-corrected chi connectivity index (χ2v) is 7.52. The summed E-state index contributed by atoms with van der Waals surface area (Å²) in [5, 5.41) is 13.3. The minimum Gasteiger partial charge on any atom is -0.339 e. The van der Waals surface area contributed by atoms with E-state index in [-0.39, 0.29) is 0 Å². The number of nitrogens with zero attached hydrogens (tertiary/aromatic N) is 3. The summed E-state index contributed by atoms with van der Waals surface area (Å²) >= 11 is 3.47. The fourth-order valence-corrected chi connectivity index (χ4v) is 3.29. The predicted molar refractivity (Wildman–Crippen MR) is 120 cm³/mol. The van der Waals surface area contributed by atoms with Crippen molar-refractivity contribution in [2.75, 3.05) is 5.32 Å². The molecule has 0 unspecified atom stereocenters. The minimum absolute atomic E-state index is 0.493. The molecule has 2 aromatic heterocycles. The van der Waals surface area contributed by atoms with Gasteiger partial charge in [0.2, 0.25) is 0 Å². The van der Waals surface area contributed by atoms with Crippen molar-refractivity contribution < 1.29 is 0 Å². The summed E-state index contributed by atoms with van der Waals surface area (Å²) in [6.07, 6.45) is 1.74.